The van der Waals surface area contributed by atoms with E-state index in [1.807, 2.05) is 17.1 Å². The van der Waals surface area contributed by atoms with Crippen LogP contribution < -0.4 is 0 Å². The molecule has 0 aliphatic heterocycles. The van der Waals surface area contributed by atoms with Gasteiger partial charge in [-0.25, -0.2) is 4.98 Å². The van der Waals surface area contributed by atoms with Crippen molar-refractivity contribution in [3.05, 3.63) is 16.1 Å². The molecule has 0 amide bonds. The maximum atomic E-state index is 11.0. The van der Waals surface area contributed by atoms with Crippen LogP contribution in [0.3, 0.4) is 0 Å². The average Bonchev–Trinajstić information content (AvgIpc) is 2.47. The van der Waals surface area contributed by atoms with Crippen LogP contribution in [0, 0.1) is 0 Å². The SMILES string of the molecule is CC(=O)c1csc(CSC(C)(C)C)n1. The summed E-state index contributed by atoms with van der Waals surface area (Å²) in [4.78, 5) is 15.3. The van der Waals surface area contributed by atoms with Crippen molar-refractivity contribution >= 4 is 28.9 Å². The van der Waals surface area contributed by atoms with E-state index in [1.54, 1.807) is 18.3 Å². The molecule has 0 bridgehead atoms. The molecule has 0 spiro atoms. The maximum absolute atomic E-state index is 11.0. The zero-order valence-corrected chi connectivity index (χ0v) is 10.6. The summed E-state index contributed by atoms with van der Waals surface area (Å²) in [5.41, 5.74) is 0.597. The van der Waals surface area contributed by atoms with E-state index in [4.69, 9.17) is 0 Å². The van der Waals surface area contributed by atoms with Crippen molar-refractivity contribution in [3.8, 4) is 0 Å². The highest BCUT2D eigenvalue weighted by atomic mass is 32.2. The Kier molecular flexibility index (Phi) is 3.72. The van der Waals surface area contributed by atoms with E-state index in [1.165, 1.54) is 0 Å². The van der Waals surface area contributed by atoms with Gasteiger partial charge in [0.2, 0.25) is 0 Å². The van der Waals surface area contributed by atoms with Crippen molar-refractivity contribution in [3.63, 3.8) is 0 Å². The minimum absolute atomic E-state index is 0.0493. The topological polar surface area (TPSA) is 30.0 Å². The minimum atomic E-state index is 0.0493. The van der Waals surface area contributed by atoms with Crippen molar-refractivity contribution in [2.24, 2.45) is 0 Å². The van der Waals surface area contributed by atoms with E-state index >= 15 is 0 Å². The lowest BCUT2D eigenvalue weighted by atomic mass is 10.3. The Bertz CT molecular complexity index is 325. The summed E-state index contributed by atoms with van der Waals surface area (Å²) in [5, 5.41) is 2.87. The number of thioether (sulfide) groups is 1. The van der Waals surface area contributed by atoms with Crippen LogP contribution in [-0.2, 0) is 5.75 Å². The second kappa shape index (κ2) is 4.45. The third-order valence-corrected chi connectivity index (χ3v) is 3.86. The molecule has 0 aliphatic rings. The molecule has 14 heavy (non-hydrogen) atoms. The highest BCUT2D eigenvalue weighted by molar-refractivity contribution is 7.99. The molecule has 0 atom stereocenters. The molecule has 0 aromatic carbocycles. The van der Waals surface area contributed by atoms with Gasteiger partial charge in [0.05, 0.1) is 0 Å². The molecule has 1 aromatic rings. The van der Waals surface area contributed by atoms with Crippen LogP contribution in [0.2, 0.25) is 0 Å². The summed E-state index contributed by atoms with van der Waals surface area (Å²) in [7, 11) is 0. The van der Waals surface area contributed by atoms with Crippen molar-refractivity contribution in [1.82, 2.24) is 4.98 Å². The van der Waals surface area contributed by atoms with Gasteiger partial charge in [-0.15, -0.1) is 23.1 Å². The minimum Gasteiger partial charge on any atom is -0.293 e. The fourth-order valence-electron chi connectivity index (χ4n) is 0.817. The van der Waals surface area contributed by atoms with Crippen molar-refractivity contribution in [2.75, 3.05) is 0 Å². The number of rotatable bonds is 3. The Balaban J connectivity index is 2.56. The van der Waals surface area contributed by atoms with E-state index in [9.17, 15) is 4.79 Å². The monoisotopic (exact) mass is 229 g/mol. The van der Waals surface area contributed by atoms with E-state index in [2.05, 4.69) is 25.8 Å². The zero-order chi connectivity index (χ0) is 10.8. The smallest absolute Gasteiger partial charge is 0.178 e. The Hall–Kier alpha value is -0.350. The van der Waals surface area contributed by atoms with Gasteiger partial charge in [0.15, 0.2) is 5.78 Å². The van der Waals surface area contributed by atoms with Gasteiger partial charge in [-0.2, -0.15) is 0 Å². The molecule has 0 unspecified atom stereocenters. The summed E-state index contributed by atoms with van der Waals surface area (Å²) in [6, 6.07) is 0. The third kappa shape index (κ3) is 3.80. The summed E-state index contributed by atoms with van der Waals surface area (Å²) in [6.07, 6.45) is 0. The fraction of sp³-hybridized carbons (Fsp3) is 0.600. The molecule has 0 aliphatic carbocycles. The van der Waals surface area contributed by atoms with Crippen LogP contribution in [0.4, 0.5) is 0 Å². The van der Waals surface area contributed by atoms with Crippen LogP contribution in [-0.4, -0.2) is 15.5 Å². The number of carbonyl (C=O) groups excluding carboxylic acids is 1. The first-order chi connectivity index (χ1) is 6.38. The van der Waals surface area contributed by atoms with Gasteiger partial charge in [0.25, 0.3) is 0 Å². The van der Waals surface area contributed by atoms with Crippen LogP contribution >= 0.6 is 23.1 Å². The molecule has 0 fully saturated rings. The first kappa shape index (κ1) is 11.7. The molecule has 0 N–H and O–H groups in total. The predicted octanol–water partition coefficient (Wildman–Crippen LogP) is 3.38. The van der Waals surface area contributed by atoms with E-state index in [0.29, 0.717) is 5.69 Å². The van der Waals surface area contributed by atoms with E-state index in [-0.39, 0.29) is 10.5 Å². The molecule has 1 aromatic heterocycles. The summed E-state index contributed by atoms with van der Waals surface area (Å²) in [5.74, 6) is 0.940. The van der Waals surface area contributed by atoms with Gasteiger partial charge in [-0.1, -0.05) is 20.8 Å². The van der Waals surface area contributed by atoms with Crippen LogP contribution in [0.1, 0.15) is 43.2 Å². The first-order valence-electron chi connectivity index (χ1n) is 4.48. The highest BCUT2D eigenvalue weighted by Crippen LogP contribution is 2.28. The number of carbonyl (C=O) groups is 1. The van der Waals surface area contributed by atoms with Gasteiger partial charge in [-0.05, 0) is 0 Å². The van der Waals surface area contributed by atoms with E-state index in [0.717, 1.165) is 10.8 Å². The first-order valence-corrected chi connectivity index (χ1v) is 6.34. The van der Waals surface area contributed by atoms with Crippen molar-refractivity contribution < 1.29 is 4.79 Å². The average molecular weight is 229 g/mol. The van der Waals surface area contributed by atoms with Crippen molar-refractivity contribution in [2.45, 2.75) is 38.2 Å². The number of hydrogen-bond donors (Lipinski definition) is 0. The van der Waals surface area contributed by atoms with Gasteiger partial charge in [-0.3, -0.25) is 4.79 Å². The standard InChI is InChI=1S/C10H15NOS2/c1-7(12)8-5-13-9(11-8)6-14-10(2,3)4/h5H,6H2,1-4H3. The van der Waals surface area contributed by atoms with Gasteiger partial charge >= 0.3 is 0 Å². The van der Waals surface area contributed by atoms with Crippen LogP contribution in [0.25, 0.3) is 0 Å². The van der Waals surface area contributed by atoms with E-state index < -0.39 is 0 Å². The normalized spacial score (nSPS) is 11.7. The number of nitrogens with zero attached hydrogens (tertiary/aromatic N) is 1. The molecule has 0 saturated heterocycles. The molecule has 2 nitrogen and oxygen atoms in total. The summed E-state index contributed by atoms with van der Waals surface area (Å²) < 4.78 is 0.252. The molecular formula is C10H15NOS2. The third-order valence-electron chi connectivity index (χ3n) is 1.54. The molecule has 1 rings (SSSR count). The Labute approximate surface area is 93.1 Å². The van der Waals surface area contributed by atoms with Crippen molar-refractivity contribution in [1.29, 1.82) is 0 Å². The maximum Gasteiger partial charge on any atom is 0.178 e. The molecule has 4 heteroatoms. The second-order valence-corrected chi connectivity index (χ2v) is 6.83. The largest absolute Gasteiger partial charge is 0.293 e. The predicted molar refractivity (Wildman–Crippen MR) is 63.2 cm³/mol. The van der Waals surface area contributed by atoms with Crippen LogP contribution in [0.5, 0.6) is 0 Å². The molecule has 1 heterocycles. The molecule has 0 radical (unpaired) electrons. The van der Waals surface area contributed by atoms with Gasteiger partial charge < -0.3 is 0 Å². The quantitative estimate of drug-likeness (QED) is 0.744. The van der Waals surface area contributed by atoms with Crippen LogP contribution in [0.15, 0.2) is 5.38 Å². The molecule has 78 valence electrons. The lowest BCUT2D eigenvalue weighted by Gasteiger charge is -2.15. The Morgan fingerprint density at radius 1 is 1.57 bits per heavy atom. The lowest BCUT2D eigenvalue weighted by Crippen LogP contribution is -2.07. The Morgan fingerprint density at radius 2 is 2.21 bits per heavy atom. The van der Waals surface area contributed by atoms with Gasteiger partial charge in [0, 0.05) is 22.8 Å². The molecular weight excluding hydrogens is 214 g/mol. The van der Waals surface area contributed by atoms with Gasteiger partial charge in [0.1, 0.15) is 10.7 Å². The summed E-state index contributed by atoms with van der Waals surface area (Å²) in [6.45, 7) is 8.08. The highest BCUT2D eigenvalue weighted by Gasteiger charge is 2.12. The molecule has 0 saturated carbocycles. The Morgan fingerprint density at radius 3 is 2.64 bits per heavy atom. The number of ketones is 1. The number of Topliss-reactive ketones (excluding diaryl/α,β-unsaturated/α-hetero) is 1. The number of thiazole rings is 1. The number of hydrogen-bond acceptors (Lipinski definition) is 4. The zero-order valence-electron chi connectivity index (χ0n) is 8.96. The summed E-state index contributed by atoms with van der Waals surface area (Å²) >= 11 is 3.41. The number of aromatic nitrogens is 1. The second-order valence-electron chi connectivity index (χ2n) is 4.08. The lowest BCUT2D eigenvalue weighted by molar-refractivity contribution is 0.101. The fourth-order valence-corrected chi connectivity index (χ4v) is 2.50.